The van der Waals surface area contributed by atoms with Crippen LogP contribution in [0, 0.1) is 23.3 Å². The van der Waals surface area contributed by atoms with Gasteiger partial charge in [-0.25, -0.2) is 8.78 Å². The van der Waals surface area contributed by atoms with Gasteiger partial charge in [-0.1, -0.05) is 6.58 Å². The van der Waals surface area contributed by atoms with Crippen molar-refractivity contribution in [3.63, 3.8) is 0 Å². The van der Waals surface area contributed by atoms with Crippen molar-refractivity contribution in [2.75, 3.05) is 0 Å². The van der Waals surface area contributed by atoms with Gasteiger partial charge in [0, 0.05) is 6.07 Å². The van der Waals surface area contributed by atoms with Crippen LogP contribution in [0.2, 0.25) is 0 Å². The molecule has 1 aromatic rings. The van der Waals surface area contributed by atoms with E-state index in [4.69, 9.17) is 0 Å². The summed E-state index contributed by atoms with van der Waals surface area (Å²) in [7, 11) is 0. The van der Waals surface area contributed by atoms with E-state index in [1.54, 1.807) is 0 Å². The van der Waals surface area contributed by atoms with Crippen molar-refractivity contribution in [1.29, 1.82) is 0 Å². The lowest BCUT2D eigenvalue weighted by Gasteiger charge is -2.07. The Morgan fingerprint density at radius 1 is 1.14 bits per heavy atom. The molecule has 0 atom stereocenters. The summed E-state index contributed by atoms with van der Waals surface area (Å²) < 4.78 is 55.3. The first-order valence-corrected chi connectivity index (χ1v) is 3.60. The Morgan fingerprint density at radius 3 is 1.93 bits per heavy atom. The third kappa shape index (κ3) is 1.86. The SMILES string of the molecule is C=C(C)Oc1c(F)c(F)cc(F)c1F. The summed E-state index contributed by atoms with van der Waals surface area (Å²) in [6.45, 7) is 4.48. The fourth-order valence-corrected chi connectivity index (χ4v) is 0.815. The van der Waals surface area contributed by atoms with E-state index in [0.717, 1.165) is 0 Å². The Balaban J connectivity index is 3.31. The first kappa shape index (κ1) is 10.6. The molecule has 0 heterocycles. The zero-order chi connectivity index (χ0) is 10.9. The molecule has 0 unspecified atom stereocenters. The number of rotatable bonds is 2. The quantitative estimate of drug-likeness (QED) is 0.410. The maximum absolute atomic E-state index is 12.9. The molecule has 0 aliphatic carbocycles. The van der Waals surface area contributed by atoms with Crippen molar-refractivity contribution in [1.82, 2.24) is 0 Å². The van der Waals surface area contributed by atoms with Crippen LogP contribution in [-0.2, 0) is 0 Å². The van der Waals surface area contributed by atoms with E-state index in [-0.39, 0.29) is 11.8 Å². The summed E-state index contributed by atoms with van der Waals surface area (Å²) in [5.41, 5.74) is 0. The van der Waals surface area contributed by atoms with Crippen LogP contribution >= 0.6 is 0 Å². The fourth-order valence-electron chi connectivity index (χ4n) is 0.815. The van der Waals surface area contributed by atoms with Crippen molar-refractivity contribution < 1.29 is 22.3 Å². The molecular weight excluding hydrogens is 200 g/mol. The molecule has 0 saturated carbocycles. The molecule has 0 saturated heterocycles. The summed E-state index contributed by atoms with van der Waals surface area (Å²) in [5.74, 6) is -7.37. The first-order chi connectivity index (χ1) is 6.43. The highest BCUT2D eigenvalue weighted by atomic mass is 19.2. The minimum Gasteiger partial charge on any atom is -0.456 e. The van der Waals surface area contributed by atoms with E-state index in [2.05, 4.69) is 11.3 Å². The van der Waals surface area contributed by atoms with E-state index in [1.807, 2.05) is 0 Å². The van der Waals surface area contributed by atoms with Gasteiger partial charge in [0.2, 0.25) is 17.4 Å². The van der Waals surface area contributed by atoms with Crippen molar-refractivity contribution >= 4 is 0 Å². The van der Waals surface area contributed by atoms with E-state index in [0.29, 0.717) is 0 Å². The highest BCUT2D eigenvalue weighted by molar-refractivity contribution is 5.29. The van der Waals surface area contributed by atoms with Crippen molar-refractivity contribution in [2.45, 2.75) is 6.92 Å². The van der Waals surface area contributed by atoms with Gasteiger partial charge in [-0.3, -0.25) is 0 Å². The maximum Gasteiger partial charge on any atom is 0.204 e. The van der Waals surface area contributed by atoms with Gasteiger partial charge < -0.3 is 4.74 Å². The minimum atomic E-state index is -1.58. The molecule has 1 aromatic carbocycles. The molecule has 0 N–H and O–H groups in total. The van der Waals surface area contributed by atoms with Gasteiger partial charge in [-0.2, -0.15) is 8.78 Å². The molecule has 14 heavy (non-hydrogen) atoms. The van der Waals surface area contributed by atoms with Gasteiger partial charge in [0.15, 0.2) is 11.6 Å². The Bertz CT molecular complexity index is 361. The predicted molar refractivity (Wildman–Crippen MR) is 41.7 cm³/mol. The Hall–Kier alpha value is -1.52. The monoisotopic (exact) mass is 206 g/mol. The Morgan fingerprint density at radius 2 is 1.57 bits per heavy atom. The zero-order valence-electron chi connectivity index (χ0n) is 7.20. The lowest BCUT2D eigenvalue weighted by atomic mass is 10.3. The molecule has 0 amide bonds. The minimum absolute atomic E-state index is 0.0761. The summed E-state index contributed by atoms with van der Waals surface area (Å²) >= 11 is 0. The molecule has 5 heteroatoms. The van der Waals surface area contributed by atoms with Crippen LogP contribution in [0.5, 0.6) is 5.75 Å². The molecule has 0 aromatic heterocycles. The average molecular weight is 206 g/mol. The van der Waals surface area contributed by atoms with Crippen LogP contribution in [0.4, 0.5) is 17.6 Å². The smallest absolute Gasteiger partial charge is 0.204 e. The topological polar surface area (TPSA) is 9.23 Å². The van der Waals surface area contributed by atoms with Crippen LogP contribution in [-0.4, -0.2) is 0 Å². The predicted octanol–water partition coefficient (Wildman–Crippen LogP) is 3.16. The second-order valence-electron chi connectivity index (χ2n) is 2.60. The lowest BCUT2D eigenvalue weighted by Crippen LogP contribution is -2.01. The summed E-state index contributed by atoms with van der Waals surface area (Å²) in [4.78, 5) is 0. The number of hydrogen-bond acceptors (Lipinski definition) is 1. The molecule has 1 nitrogen and oxygen atoms in total. The van der Waals surface area contributed by atoms with E-state index < -0.39 is 29.0 Å². The highest BCUT2D eigenvalue weighted by Crippen LogP contribution is 2.27. The number of hydrogen-bond donors (Lipinski definition) is 0. The molecule has 0 fully saturated rings. The van der Waals surface area contributed by atoms with E-state index in [1.165, 1.54) is 6.92 Å². The van der Waals surface area contributed by atoms with Crippen LogP contribution in [0.3, 0.4) is 0 Å². The molecule has 0 aliphatic rings. The first-order valence-electron chi connectivity index (χ1n) is 3.60. The van der Waals surface area contributed by atoms with Gasteiger partial charge in [-0.15, -0.1) is 0 Å². The Labute approximate surface area is 77.6 Å². The Kier molecular flexibility index (Phi) is 2.78. The average Bonchev–Trinajstić information content (AvgIpc) is 2.09. The lowest BCUT2D eigenvalue weighted by molar-refractivity contribution is 0.342. The molecule has 0 bridgehead atoms. The summed E-state index contributed by atoms with van der Waals surface area (Å²) in [5, 5.41) is 0. The number of allylic oxidation sites excluding steroid dienone is 1. The molecule has 76 valence electrons. The molecule has 0 radical (unpaired) electrons. The van der Waals surface area contributed by atoms with Crippen LogP contribution in [0.15, 0.2) is 18.4 Å². The van der Waals surface area contributed by atoms with Gasteiger partial charge in [-0.05, 0) is 6.92 Å². The van der Waals surface area contributed by atoms with Gasteiger partial charge >= 0.3 is 0 Å². The number of benzene rings is 1. The van der Waals surface area contributed by atoms with Crippen molar-refractivity contribution in [3.8, 4) is 5.75 Å². The summed E-state index contributed by atoms with van der Waals surface area (Å²) in [6.07, 6.45) is 0. The van der Waals surface area contributed by atoms with E-state index in [9.17, 15) is 17.6 Å². The normalized spacial score (nSPS) is 10.1. The van der Waals surface area contributed by atoms with Gasteiger partial charge in [0.1, 0.15) is 0 Å². The fraction of sp³-hybridized carbons (Fsp3) is 0.111. The van der Waals surface area contributed by atoms with Crippen LogP contribution in [0.1, 0.15) is 6.92 Å². The number of ether oxygens (including phenoxy) is 1. The number of halogens is 4. The van der Waals surface area contributed by atoms with Crippen LogP contribution < -0.4 is 4.74 Å². The van der Waals surface area contributed by atoms with Crippen LogP contribution in [0.25, 0.3) is 0 Å². The maximum atomic E-state index is 12.9. The van der Waals surface area contributed by atoms with Gasteiger partial charge in [0.25, 0.3) is 0 Å². The highest BCUT2D eigenvalue weighted by Gasteiger charge is 2.20. The third-order valence-corrected chi connectivity index (χ3v) is 1.35. The van der Waals surface area contributed by atoms with E-state index >= 15 is 0 Å². The second kappa shape index (κ2) is 3.69. The zero-order valence-corrected chi connectivity index (χ0v) is 7.20. The van der Waals surface area contributed by atoms with Crippen molar-refractivity contribution in [2.24, 2.45) is 0 Å². The standard InChI is InChI=1S/C9H6F4O/c1-4(2)14-9-7(12)5(10)3-6(11)8(9)13/h3H,1H2,2H3. The molecule has 0 aliphatic heterocycles. The summed E-state index contributed by atoms with van der Waals surface area (Å²) in [6, 6.07) is 0.107. The molecule has 1 rings (SSSR count). The van der Waals surface area contributed by atoms with Gasteiger partial charge in [0.05, 0.1) is 5.76 Å². The van der Waals surface area contributed by atoms with Crippen molar-refractivity contribution in [3.05, 3.63) is 41.7 Å². The largest absolute Gasteiger partial charge is 0.456 e. The third-order valence-electron chi connectivity index (χ3n) is 1.35. The molecule has 0 spiro atoms. The second-order valence-corrected chi connectivity index (χ2v) is 2.60. The molecular formula is C9H6F4O.